The Labute approximate surface area is 166 Å². The number of rotatable bonds is 7. The van der Waals surface area contributed by atoms with E-state index in [0.717, 1.165) is 29.0 Å². The number of nitrogens with two attached hydrogens (primary N) is 1. The number of nitrogens with zero attached hydrogens (tertiary/aromatic N) is 1. The van der Waals surface area contributed by atoms with Gasteiger partial charge in [-0.2, -0.15) is 0 Å². The maximum Gasteiger partial charge on any atom is 0.193 e. The van der Waals surface area contributed by atoms with Gasteiger partial charge in [0.25, 0.3) is 0 Å². The van der Waals surface area contributed by atoms with Crippen LogP contribution < -0.4 is 15.8 Å². The number of hydrogen-bond acceptors (Lipinski definition) is 3. The Bertz CT molecular complexity index is 705. The van der Waals surface area contributed by atoms with Crippen molar-refractivity contribution < 1.29 is 9.47 Å². The second kappa shape index (κ2) is 10.9. The standard InChI is InChI=1S/C19H25N3O2.HI/c1-14-8-9-18(24-3)15(12-14)10-11-21-19(20)22-17-7-5-4-6-16(17)13-23-2;/h4-9,12H,10-11,13H2,1-3H3,(H3,20,21,22);1H. The SMILES string of the molecule is COCc1ccccc1NC(N)=NCCc1cc(C)ccc1OC.I. The fourth-order valence-corrected chi connectivity index (χ4v) is 2.50. The van der Waals surface area contributed by atoms with Crippen LogP contribution in [0.4, 0.5) is 5.69 Å². The first kappa shape index (κ1) is 21.2. The van der Waals surface area contributed by atoms with Gasteiger partial charge in [-0.25, -0.2) is 0 Å². The molecule has 2 aromatic rings. The maximum absolute atomic E-state index is 6.00. The van der Waals surface area contributed by atoms with Crippen molar-refractivity contribution in [1.82, 2.24) is 0 Å². The molecule has 0 saturated heterocycles. The summed E-state index contributed by atoms with van der Waals surface area (Å²) in [6.07, 6.45) is 0.771. The molecule has 0 bridgehead atoms. The number of aryl methyl sites for hydroxylation is 1. The molecule has 136 valence electrons. The molecule has 0 aliphatic carbocycles. The lowest BCUT2D eigenvalue weighted by molar-refractivity contribution is 0.185. The van der Waals surface area contributed by atoms with E-state index in [1.807, 2.05) is 36.4 Å². The third-order valence-electron chi connectivity index (χ3n) is 3.68. The van der Waals surface area contributed by atoms with Crippen molar-refractivity contribution in [3.05, 3.63) is 59.2 Å². The largest absolute Gasteiger partial charge is 0.496 e. The number of aliphatic imine (C=N–C) groups is 1. The fourth-order valence-electron chi connectivity index (χ4n) is 2.50. The summed E-state index contributed by atoms with van der Waals surface area (Å²) in [6, 6.07) is 14.0. The van der Waals surface area contributed by atoms with Gasteiger partial charge < -0.3 is 20.5 Å². The molecule has 0 radical (unpaired) electrons. The van der Waals surface area contributed by atoms with Crippen LogP contribution in [0.15, 0.2) is 47.5 Å². The second-order valence-corrected chi connectivity index (χ2v) is 5.55. The van der Waals surface area contributed by atoms with Crippen LogP contribution in [0.1, 0.15) is 16.7 Å². The first-order chi connectivity index (χ1) is 11.6. The van der Waals surface area contributed by atoms with Gasteiger partial charge >= 0.3 is 0 Å². The number of para-hydroxylation sites is 1. The molecule has 0 fully saturated rings. The Morgan fingerprint density at radius 1 is 1.12 bits per heavy atom. The minimum atomic E-state index is 0. The summed E-state index contributed by atoms with van der Waals surface area (Å²) in [7, 11) is 3.35. The van der Waals surface area contributed by atoms with E-state index < -0.39 is 0 Å². The third kappa shape index (κ3) is 6.55. The highest BCUT2D eigenvalue weighted by atomic mass is 127. The van der Waals surface area contributed by atoms with Gasteiger partial charge in [0.05, 0.1) is 13.7 Å². The molecule has 5 nitrogen and oxygen atoms in total. The zero-order valence-electron chi connectivity index (χ0n) is 14.9. The van der Waals surface area contributed by atoms with Crippen molar-refractivity contribution in [3.8, 4) is 5.75 Å². The van der Waals surface area contributed by atoms with Gasteiger partial charge in [0.15, 0.2) is 5.96 Å². The lowest BCUT2D eigenvalue weighted by atomic mass is 10.1. The van der Waals surface area contributed by atoms with Crippen LogP contribution in [-0.4, -0.2) is 26.7 Å². The average Bonchev–Trinajstić information content (AvgIpc) is 2.57. The topological polar surface area (TPSA) is 68.9 Å². The highest BCUT2D eigenvalue weighted by Crippen LogP contribution is 2.20. The monoisotopic (exact) mass is 455 g/mol. The predicted octanol–water partition coefficient (Wildman–Crippen LogP) is 3.74. The second-order valence-electron chi connectivity index (χ2n) is 5.55. The first-order valence-electron chi connectivity index (χ1n) is 7.91. The highest BCUT2D eigenvalue weighted by Gasteiger charge is 2.04. The number of hydrogen-bond donors (Lipinski definition) is 2. The number of ether oxygens (including phenoxy) is 2. The lowest BCUT2D eigenvalue weighted by Crippen LogP contribution is -2.23. The predicted molar refractivity (Wildman–Crippen MR) is 114 cm³/mol. The van der Waals surface area contributed by atoms with Gasteiger partial charge in [-0.15, -0.1) is 24.0 Å². The molecule has 0 aromatic heterocycles. The van der Waals surface area contributed by atoms with E-state index in [0.29, 0.717) is 19.1 Å². The van der Waals surface area contributed by atoms with E-state index in [9.17, 15) is 0 Å². The first-order valence-corrected chi connectivity index (χ1v) is 7.91. The Kier molecular flexibility index (Phi) is 9.30. The molecule has 0 amide bonds. The Morgan fingerprint density at radius 3 is 2.60 bits per heavy atom. The lowest BCUT2D eigenvalue weighted by Gasteiger charge is -2.11. The van der Waals surface area contributed by atoms with E-state index in [-0.39, 0.29) is 24.0 Å². The van der Waals surface area contributed by atoms with Crippen molar-refractivity contribution in [2.75, 3.05) is 26.1 Å². The average molecular weight is 455 g/mol. The van der Waals surface area contributed by atoms with Crippen LogP contribution in [0, 0.1) is 6.92 Å². The minimum Gasteiger partial charge on any atom is -0.496 e. The summed E-state index contributed by atoms with van der Waals surface area (Å²) in [5.74, 6) is 1.28. The molecule has 0 saturated carbocycles. The van der Waals surface area contributed by atoms with Gasteiger partial charge in [0.2, 0.25) is 0 Å². The van der Waals surface area contributed by atoms with E-state index in [4.69, 9.17) is 15.2 Å². The Morgan fingerprint density at radius 2 is 1.88 bits per heavy atom. The molecule has 0 aliphatic rings. The van der Waals surface area contributed by atoms with Gasteiger partial charge in [-0.05, 0) is 31.0 Å². The maximum atomic E-state index is 6.00. The number of anilines is 1. The Hall–Kier alpha value is -1.80. The summed E-state index contributed by atoms with van der Waals surface area (Å²) in [6.45, 7) is 3.18. The number of benzene rings is 2. The van der Waals surface area contributed by atoms with Crippen molar-refractivity contribution in [3.63, 3.8) is 0 Å². The molecule has 2 aromatic carbocycles. The van der Waals surface area contributed by atoms with Gasteiger partial charge in [-0.1, -0.05) is 35.9 Å². The van der Waals surface area contributed by atoms with Crippen LogP contribution >= 0.6 is 24.0 Å². The van der Waals surface area contributed by atoms with Crippen molar-refractivity contribution in [1.29, 1.82) is 0 Å². The molecule has 0 heterocycles. The fraction of sp³-hybridized carbons (Fsp3) is 0.316. The minimum absolute atomic E-state index is 0. The summed E-state index contributed by atoms with van der Waals surface area (Å²) >= 11 is 0. The van der Waals surface area contributed by atoms with E-state index in [1.54, 1.807) is 14.2 Å². The zero-order valence-corrected chi connectivity index (χ0v) is 17.2. The number of methoxy groups -OCH3 is 2. The van der Waals surface area contributed by atoms with Gasteiger partial charge in [0.1, 0.15) is 5.75 Å². The molecule has 0 aliphatic heterocycles. The molecule has 3 N–H and O–H groups in total. The molecular weight excluding hydrogens is 429 g/mol. The van der Waals surface area contributed by atoms with E-state index in [1.165, 1.54) is 5.56 Å². The summed E-state index contributed by atoms with van der Waals surface area (Å²) in [5.41, 5.74) is 10.3. The summed E-state index contributed by atoms with van der Waals surface area (Å²) in [4.78, 5) is 4.41. The van der Waals surface area contributed by atoms with Crippen LogP contribution in [0.5, 0.6) is 5.75 Å². The molecule has 0 spiro atoms. The highest BCUT2D eigenvalue weighted by molar-refractivity contribution is 14.0. The van der Waals surface area contributed by atoms with Crippen molar-refractivity contribution >= 4 is 35.6 Å². The Balaban J connectivity index is 0.00000312. The molecule has 6 heteroatoms. The van der Waals surface area contributed by atoms with Gasteiger partial charge in [-0.3, -0.25) is 4.99 Å². The number of guanidine groups is 1. The van der Waals surface area contributed by atoms with Gasteiger partial charge in [0, 0.05) is 24.9 Å². The van der Waals surface area contributed by atoms with Crippen LogP contribution in [0.3, 0.4) is 0 Å². The molecular formula is C19H26IN3O2. The normalized spacial score (nSPS) is 10.9. The van der Waals surface area contributed by atoms with Crippen LogP contribution in [0.2, 0.25) is 0 Å². The van der Waals surface area contributed by atoms with Crippen LogP contribution in [0.25, 0.3) is 0 Å². The van der Waals surface area contributed by atoms with Crippen molar-refractivity contribution in [2.24, 2.45) is 10.7 Å². The van der Waals surface area contributed by atoms with Crippen molar-refractivity contribution in [2.45, 2.75) is 20.0 Å². The number of halogens is 1. The van der Waals surface area contributed by atoms with Crippen LogP contribution in [-0.2, 0) is 17.8 Å². The summed E-state index contributed by atoms with van der Waals surface area (Å²) in [5, 5.41) is 3.14. The quantitative estimate of drug-likeness (QED) is 0.379. The smallest absolute Gasteiger partial charge is 0.193 e. The number of nitrogens with one attached hydrogen (secondary N) is 1. The third-order valence-corrected chi connectivity index (χ3v) is 3.68. The zero-order chi connectivity index (χ0) is 17.4. The van der Waals surface area contributed by atoms with E-state index >= 15 is 0 Å². The molecule has 2 rings (SSSR count). The molecule has 0 atom stereocenters. The molecule has 25 heavy (non-hydrogen) atoms. The molecule has 0 unspecified atom stereocenters. The van der Waals surface area contributed by atoms with E-state index in [2.05, 4.69) is 23.3 Å². The summed E-state index contributed by atoms with van der Waals surface area (Å²) < 4.78 is 10.6.